The van der Waals surface area contributed by atoms with Gasteiger partial charge in [0.25, 0.3) is 0 Å². The molecule has 2 amide bonds. The molecule has 1 aliphatic rings. The van der Waals surface area contributed by atoms with E-state index in [2.05, 4.69) is 15.5 Å². The number of nitrogens with one attached hydrogen (secondary N) is 1. The fourth-order valence-corrected chi connectivity index (χ4v) is 1.71. The predicted molar refractivity (Wildman–Crippen MR) is 61.8 cm³/mol. The fraction of sp³-hybridized carbons (Fsp3) is 0.727. The van der Waals surface area contributed by atoms with Crippen molar-refractivity contribution in [2.45, 2.75) is 32.6 Å². The molecule has 0 radical (unpaired) electrons. The Labute approximate surface area is 100 Å². The first-order chi connectivity index (χ1) is 8.11. The molecule has 0 aromatic carbocycles. The lowest BCUT2D eigenvalue weighted by Crippen LogP contribution is -2.52. The van der Waals surface area contributed by atoms with E-state index in [0.29, 0.717) is 25.5 Å². The zero-order chi connectivity index (χ0) is 12.4. The Morgan fingerprint density at radius 3 is 2.82 bits per heavy atom. The predicted octanol–water partition coefficient (Wildman–Crippen LogP) is 1.32. The lowest BCUT2D eigenvalue weighted by molar-refractivity contribution is 0.137. The Kier molecular flexibility index (Phi) is 3.31. The zero-order valence-corrected chi connectivity index (χ0v) is 10.4. The van der Waals surface area contributed by atoms with Gasteiger partial charge < -0.3 is 14.7 Å². The van der Waals surface area contributed by atoms with E-state index < -0.39 is 0 Å². The van der Waals surface area contributed by atoms with Crippen molar-refractivity contribution in [1.82, 2.24) is 20.4 Å². The second-order valence-corrected chi connectivity index (χ2v) is 4.58. The van der Waals surface area contributed by atoms with E-state index in [9.17, 15) is 4.79 Å². The largest absolute Gasteiger partial charge is 0.339 e. The molecule has 1 saturated heterocycles. The Morgan fingerprint density at radius 2 is 2.29 bits per heavy atom. The van der Waals surface area contributed by atoms with Crippen molar-refractivity contribution in [2.75, 3.05) is 19.6 Å². The van der Waals surface area contributed by atoms with Crippen molar-refractivity contribution in [2.24, 2.45) is 0 Å². The van der Waals surface area contributed by atoms with E-state index in [1.807, 2.05) is 20.8 Å². The molecule has 0 bridgehead atoms. The summed E-state index contributed by atoms with van der Waals surface area (Å²) in [7, 11) is 0. The summed E-state index contributed by atoms with van der Waals surface area (Å²) in [5.41, 5.74) is 0. The lowest BCUT2D eigenvalue weighted by Gasteiger charge is -2.36. The van der Waals surface area contributed by atoms with Crippen LogP contribution in [-0.2, 0) is 0 Å². The van der Waals surface area contributed by atoms with Gasteiger partial charge in [0.15, 0.2) is 5.82 Å². The van der Waals surface area contributed by atoms with E-state index in [-0.39, 0.29) is 17.9 Å². The molecule has 0 atom stereocenters. The van der Waals surface area contributed by atoms with E-state index in [1.165, 1.54) is 0 Å². The molecule has 94 valence electrons. The van der Waals surface area contributed by atoms with Crippen molar-refractivity contribution >= 4 is 6.03 Å². The molecular formula is C11H18N4O2. The molecule has 17 heavy (non-hydrogen) atoms. The third-order valence-corrected chi connectivity index (χ3v) is 2.82. The van der Waals surface area contributed by atoms with Gasteiger partial charge in [0.2, 0.25) is 5.89 Å². The Bertz CT molecular complexity index is 396. The van der Waals surface area contributed by atoms with Crippen LogP contribution in [0.25, 0.3) is 0 Å². The summed E-state index contributed by atoms with van der Waals surface area (Å²) < 4.78 is 5.20. The van der Waals surface area contributed by atoms with Gasteiger partial charge in [-0.1, -0.05) is 19.0 Å². The summed E-state index contributed by atoms with van der Waals surface area (Å²) in [5, 5.41) is 6.68. The minimum atomic E-state index is -0.0210. The molecular weight excluding hydrogens is 220 g/mol. The van der Waals surface area contributed by atoms with Gasteiger partial charge in [-0.3, -0.25) is 0 Å². The van der Waals surface area contributed by atoms with Crippen molar-refractivity contribution in [3.05, 3.63) is 11.7 Å². The zero-order valence-electron chi connectivity index (χ0n) is 10.4. The molecule has 2 heterocycles. The molecule has 1 aliphatic heterocycles. The highest BCUT2D eigenvalue weighted by Crippen LogP contribution is 2.26. The van der Waals surface area contributed by atoms with E-state index in [1.54, 1.807) is 4.90 Å². The number of carbonyl (C=O) groups is 1. The average molecular weight is 238 g/mol. The van der Waals surface area contributed by atoms with Crippen molar-refractivity contribution in [1.29, 1.82) is 0 Å². The van der Waals surface area contributed by atoms with Crippen LogP contribution in [0.4, 0.5) is 4.79 Å². The first-order valence-corrected chi connectivity index (χ1v) is 5.98. The Balaban J connectivity index is 1.88. The molecule has 1 aromatic heterocycles. The standard InChI is InChI=1S/C11H18N4O2/c1-4-12-11(16)15-5-8(6-15)10-13-9(7(2)3)14-17-10/h7-8H,4-6H2,1-3H3,(H,12,16). The highest BCUT2D eigenvalue weighted by Gasteiger charge is 2.35. The third kappa shape index (κ3) is 2.40. The SMILES string of the molecule is CCNC(=O)N1CC(c2nc(C(C)C)no2)C1. The van der Waals surface area contributed by atoms with Crippen LogP contribution in [0, 0.1) is 0 Å². The quantitative estimate of drug-likeness (QED) is 0.862. The molecule has 0 aliphatic carbocycles. The number of urea groups is 1. The number of nitrogens with zero attached hydrogens (tertiary/aromatic N) is 3. The van der Waals surface area contributed by atoms with Crippen LogP contribution in [0.15, 0.2) is 4.52 Å². The number of aromatic nitrogens is 2. The summed E-state index contributed by atoms with van der Waals surface area (Å²) in [5.74, 6) is 1.84. The average Bonchev–Trinajstić information content (AvgIpc) is 2.65. The molecule has 6 heteroatoms. The molecule has 0 spiro atoms. The van der Waals surface area contributed by atoms with E-state index in [4.69, 9.17) is 4.52 Å². The second kappa shape index (κ2) is 4.73. The van der Waals surface area contributed by atoms with Crippen molar-refractivity contribution < 1.29 is 9.32 Å². The molecule has 6 nitrogen and oxygen atoms in total. The molecule has 2 rings (SSSR count). The second-order valence-electron chi connectivity index (χ2n) is 4.58. The number of rotatable bonds is 3. The first-order valence-electron chi connectivity index (χ1n) is 5.98. The maximum Gasteiger partial charge on any atom is 0.317 e. The van der Waals surface area contributed by atoms with Crippen LogP contribution < -0.4 is 5.32 Å². The summed E-state index contributed by atoms with van der Waals surface area (Å²) in [6.45, 7) is 7.92. The van der Waals surface area contributed by atoms with Gasteiger partial charge in [0, 0.05) is 25.6 Å². The van der Waals surface area contributed by atoms with E-state index >= 15 is 0 Å². The minimum absolute atomic E-state index is 0.0210. The van der Waals surface area contributed by atoms with Gasteiger partial charge in [0.05, 0.1) is 5.92 Å². The minimum Gasteiger partial charge on any atom is -0.339 e. The smallest absolute Gasteiger partial charge is 0.317 e. The Hall–Kier alpha value is -1.59. The molecule has 0 saturated carbocycles. The van der Waals surface area contributed by atoms with Crippen LogP contribution in [0.5, 0.6) is 0 Å². The maximum atomic E-state index is 11.5. The maximum absolute atomic E-state index is 11.5. The molecule has 1 aromatic rings. The number of amides is 2. The van der Waals surface area contributed by atoms with Gasteiger partial charge in [0.1, 0.15) is 0 Å². The number of hydrogen-bond donors (Lipinski definition) is 1. The summed E-state index contributed by atoms with van der Waals surface area (Å²) in [6, 6.07) is -0.0210. The van der Waals surface area contributed by atoms with Gasteiger partial charge in [-0.2, -0.15) is 4.98 Å². The molecule has 1 N–H and O–H groups in total. The van der Waals surface area contributed by atoms with E-state index in [0.717, 1.165) is 5.82 Å². The normalized spacial score (nSPS) is 16.1. The Morgan fingerprint density at radius 1 is 1.59 bits per heavy atom. The highest BCUT2D eigenvalue weighted by molar-refractivity contribution is 5.75. The molecule has 1 fully saturated rings. The number of likely N-dealkylation sites (tertiary alicyclic amines) is 1. The van der Waals surface area contributed by atoms with Crippen LogP contribution in [0.3, 0.4) is 0 Å². The molecule has 0 unspecified atom stereocenters. The lowest BCUT2D eigenvalue weighted by atomic mass is 10.0. The van der Waals surface area contributed by atoms with Crippen molar-refractivity contribution in [3.8, 4) is 0 Å². The van der Waals surface area contributed by atoms with Crippen LogP contribution in [0.1, 0.15) is 44.3 Å². The van der Waals surface area contributed by atoms with Gasteiger partial charge in [-0.25, -0.2) is 4.79 Å². The van der Waals surface area contributed by atoms with Crippen LogP contribution in [-0.4, -0.2) is 40.7 Å². The summed E-state index contributed by atoms with van der Waals surface area (Å²) in [4.78, 5) is 17.5. The summed E-state index contributed by atoms with van der Waals surface area (Å²) >= 11 is 0. The first kappa shape index (κ1) is 11.9. The van der Waals surface area contributed by atoms with Gasteiger partial charge in [-0.05, 0) is 6.92 Å². The fourth-order valence-electron chi connectivity index (χ4n) is 1.71. The highest BCUT2D eigenvalue weighted by atomic mass is 16.5. The summed E-state index contributed by atoms with van der Waals surface area (Å²) in [6.07, 6.45) is 0. The third-order valence-electron chi connectivity index (χ3n) is 2.82. The monoisotopic (exact) mass is 238 g/mol. The number of carbonyl (C=O) groups excluding carboxylic acids is 1. The number of hydrogen-bond acceptors (Lipinski definition) is 4. The van der Waals surface area contributed by atoms with Crippen LogP contribution in [0.2, 0.25) is 0 Å². The topological polar surface area (TPSA) is 71.3 Å². The van der Waals surface area contributed by atoms with Crippen LogP contribution >= 0.6 is 0 Å². The van der Waals surface area contributed by atoms with Crippen molar-refractivity contribution in [3.63, 3.8) is 0 Å². The van der Waals surface area contributed by atoms with Gasteiger partial charge >= 0.3 is 6.03 Å². The van der Waals surface area contributed by atoms with Gasteiger partial charge in [-0.15, -0.1) is 0 Å².